The van der Waals surface area contributed by atoms with Crippen LogP contribution < -0.4 is 41.0 Å². The molecule has 14 nitrogen and oxygen atoms in total. The number of nitrogens with one attached hydrogen (secondary N) is 2. The van der Waals surface area contributed by atoms with Gasteiger partial charge in [0.25, 0.3) is 0 Å². The van der Waals surface area contributed by atoms with Gasteiger partial charge in [0.2, 0.25) is 0 Å². The second-order valence-corrected chi connectivity index (χ2v) is 20.0. The number of imidazole rings is 2. The smallest absolute Gasteiger partial charge is 0.174 e. The Labute approximate surface area is 372 Å². The zero-order chi connectivity index (χ0) is 42.6. The van der Waals surface area contributed by atoms with Crippen LogP contribution in [0, 0.1) is 10.8 Å². The van der Waals surface area contributed by atoms with Crippen molar-refractivity contribution in [2.45, 2.75) is 74.7 Å². The lowest BCUT2D eigenvalue weighted by Crippen LogP contribution is -2.29. The lowest BCUT2D eigenvalue weighted by atomic mass is 9.97. The summed E-state index contributed by atoms with van der Waals surface area (Å²) >= 11 is 13.2. The van der Waals surface area contributed by atoms with Crippen LogP contribution in [0.2, 0.25) is 5.02 Å². The molecular formula is C42H52BrClN10O4S2. The summed E-state index contributed by atoms with van der Waals surface area (Å²) in [7, 11) is 0. The van der Waals surface area contributed by atoms with Gasteiger partial charge in [0, 0.05) is 72.0 Å². The first-order chi connectivity index (χ1) is 28.6. The Kier molecular flexibility index (Phi) is 13.8. The third kappa shape index (κ3) is 10.8. The normalized spacial score (nSPS) is 13.7. The molecule has 0 amide bonds. The van der Waals surface area contributed by atoms with Crippen LogP contribution in [-0.2, 0) is 13.1 Å². The van der Waals surface area contributed by atoms with Crippen LogP contribution in [0.4, 0.5) is 11.6 Å². The van der Waals surface area contributed by atoms with Crippen molar-refractivity contribution in [3.8, 4) is 23.0 Å². The van der Waals surface area contributed by atoms with Gasteiger partial charge in [0.05, 0.1) is 16.1 Å². The third-order valence-corrected chi connectivity index (χ3v) is 12.7. The Morgan fingerprint density at radius 1 is 0.667 bits per heavy atom. The van der Waals surface area contributed by atoms with E-state index in [4.69, 9.17) is 52.0 Å². The zero-order valence-corrected chi connectivity index (χ0v) is 38.7. The van der Waals surface area contributed by atoms with Crippen LogP contribution in [0.3, 0.4) is 0 Å². The molecule has 2 aromatic carbocycles. The summed E-state index contributed by atoms with van der Waals surface area (Å²) in [6.07, 6.45) is 3.44. The van der Waals surface area contributed by atoms with Gasteiger partial charge in [-0.05, 0) is 68.9 Å². The van der Waals surface area contributed by atoms with Crippen molar-refractivity contribution in [3.05, 3.63) is 58.3 Å². The lowest BCUT2D eigenvalue weighted by molar-refractivity contribution is 0.171. The predicted molar refractivity (Wildman–Crippen MR) is 244 cm³/mol. The minimum absolute atomic E-state index is 0.224. The molecule has 2 aliphatic heterocycles. The fourth-order valence-electron chi connectivity index (χ4n) is 6.44. The molecule has 0 saturated heterocycles. The number of nitrogens with zero attached hydrogens (tertiary/aromatic N) is 6. The molecule has 18 heteroatoms. The van der Waals surface area contributed by atoms with Gasteiger partial charge in [-0.15, -0.1) is 0 Å². The SMILES string of the molecule is CC(C)(C)CNCCn1c(Sc2cc3c(cc2Br)OCCO3)nc2c(N)nccc21.CC(C)(C)CNCCn1c(Sc2cc3c(cc2Cl)OCCO3)nc2c(N)nccc21. The molecule has 0 spiro atoms. The van der Waals surface area contributed by atoms with Crippen LogP contribution in [0.1, 0.15) is 41.5 Å². The number of hydrogen-bond donors (Lipinski definition) is 4. The van der Waals surface area contributed by atoms with E-state index in [9.17, 15) is 0 Å². The summed E-state index contributed by atoms with van der Waals surface area (Å²) in [5.41, 5.74) is 16.0. The maximum atomic E-state index is 6.53. The highest BCUT2D eigenvalue weighted by molar-refractivity contribution is 9.10. The Morgan fingerprint density at radius 3 is 1.55 bits per heavy atom. The highest BCUT2D eigenvalue weighted by Crippen LogP contribution is 2.44. The van der Waals surface area contributed by atoms with Gasteiger partial charge in [-0.25, -0.2) is 19.9 Å². The molecule has 0 saturated carbocycles. The van der Waals surface area contributed by atoms with Gasteiger partial charge in [-0.1, -0.05) is 64.9 Å². The van der Waals surface area contributed by atoms with Crippen molar-refractivity contribution >= 4 is 84.8 Å². The summed E-state index contributed by atoms with van der Waals surface area (Å²) in [4.78, 5) is 19.8. The quantitative estimate of drug-likeness (QED) is 0.0860. The molecule has 0 atom stereocenters. The highest BCUT2D eigenvalue weighted by Gasteiger charge is 2.22. The van der Waals surface area contributed by atoms with Crippen molar-refractivity contribution < 1.29 is 18.9 Å². The van der Waals surface area contributed by atoms with E-state index >= 15 is 0 Å². The second-order valence-electron chi connectivity index (χ2n) is 16.8. The molecule has 0 aliphatic carbocycles. The van der Waals surface area contributed by atoms with Crippen molar-refractivity contribution in [1.29, 1.82) is 0 Å². The van der Waals surface area contributed by atoms with E-state index in [1.54, 1.807) is 30.2 Å². The molecule has 60 heavy (non-hydrogen) atoms. The largest absolute Gasteiger partial charge is 0.486 e. The summed E-state index contributed by atoms with van der Waals surface area (Å²) < 4.78 is 28.0. The Hall–Kier alpha value is -4.13. The average Bonchev–Trinajstić information content (AvgIpc) is 3.73. The molecule has 4 aromatic heterocycles. The van der Waals surface area contributed by atoms with E-state index < -0.39 is 0 Å². The molecule has 6 N–H and O–H groups in total. The Balaban J connectivity index is 0.000000181. The molecule has 6 heterocycles. The monoisotopic (exact) mass is 938 g/mol. The van der Waals surface area contributed by atoms with E-state index in [1.807, 2.05) is 30.3 Å². The van der Waals surface area contributed by atoms with Gasteiger partial charge < -0.3 is 50.2 Å². The standard InChI is InChI=1S/C21H26BrN5O2S.C21H26ClN5O2S/c2*1-21(2,3)12-24-6-7-27-14-4-5-25-19(23)18(14)26-20(27)30-17-11-16-15(10-13(17)22)28-8-9-29-16/h2*4-5,10-11,24H,6-9,12H2,1-3H3,(H2,23,25). The molecule has 0 unspecified atom stereocenters. The molecule has 2 aliphatic rings. The first kappa shape index (κ1) is 43.9. The van der Waals surface area contributed by atoms with E-state index in [0.717, 1.165) is 91.9 Å². The van der Waals surface area contributed by atoms with Crippen LogP contribution in [-0.4, -0.2) is 81.7 Å². The number of anilines is 2. The molecule has 8 rings (SSSR count). The van der Waals surface area contributed by atoms with Crippen LogP contribution in [0.25, 0.3) is 22.1 Å². The third-order valence-electron chi connectivity index (χ3n) is 9.25. The number of halogens is 2. The summed E-state index contributed by atoms with van der Waals surface area (Å²) in [5.74, 6) is 3.74. The lowest BCUT2D eigenvalue weighted by Gasteiger charge is -2.20. The number of rotatable bonds is 12. The fourth-order valence-corrected chi connectivity index (χ4v) is 9.19. The number of pyridine rings is 2. The first-order valence-electron chi connectivity index (χ1n) is 19.8. The number of nitrogen functional groups attached to an aromatic ring is 2. The Bertz CT molecular complexity index is 2300. The number of aromatic nitrogens is 6. The number of benzene rings is 2. The average molecular weight is 940 g/mol. The number of hydrogen-bond acceptors (Lipinski definition) is 14. The van der Waals surface area contributed by atoms with E-state index in [2.05, 4.69) is 87.2 Å². The maximum absolute atomic E-state index is 6.53. The second kappa shape index (κ2) is 18.9. The van der Waals surface area contributed by atoms with Crippen LogP contribution in [0.5, 0.6) is 23.0 Å². The molecule has 0 radical (unpaired) electrons. The van der Waals surface area contributed by atoms with Gasteiger partial charge in [0.1, 0.15) is 37.5 Å². The summed E-state index contributed by atoms with van der Waals surface area (Å²) in [6.45, 7) is 20.5. The van der Waals surface area contributed by atoms with E-state index in [-0.39, 0.29) is 10.8 Å². The maximum Gasteiger partial charge on any atom is 0.174 e. The minimum atomic E-state index is 0.224. The molecular weight excluding hydrogens is 888 g/mol. The first-order valence-corrected chi connectivity index (χ1v) is 22.6. The van der Waals surface area contributed by atoms with Gasteiger partial charge in [-0.2, -0.15) is 0 Å². The van der Waals surface area contributed by atoms with Crippen molar-refractivity contribution in [1.82, 2.24) is 39.7 Å². The number of fused-ring (bicyclic) bond motifs is 4. The zero-order valence-electron chi connectivity index (χ0n) is 34.7. The number of nitrogens with two attached hydrogens (primary N) is 2. The van der Waals surface area contributed by atoms with Crippen LogP contribution >= 0.6 is 51.1 Å². The van der Waals surface area contributed by atoms with Gasteiger partial charge in [0.15, 0.2) is 44.9 Å². The summed E-state index contributed by atoms with van der Waals surface area (Å²) in [6, 6.07) is 11.6. The van der Waals surface area contributed by atoms with E-state index in [1.165, 1.54) is 11.8 Å². The number of ether oxygens (including phenoxy) is 4. The molecule has 0 fully saturated rings. The van der Waals surface area contributed by atoms with Gasteiger partial charge in [-0.3, -0.25) is 0 Å². The predicted octanol–water partition coefficient (Wildman–Crippen LogP) is 8.56. The van der Waals surface area contributed by atoms with Crippen molar-refractivity contribution in [3.63, 3.8) is 0 Å². The minimum Gasteiger partial charge on any atom is -0.486 e. The fraction of sp³-hybridized carbons (Fsp3) is 0.429. The molecule has 320 valence electrons. The van der Waals surface area contributed by atoms with Crippen LogP contribution in [0.15, 0.2) is 73.4 Å². The summed E-state index contributed by atoms with van der Waals surface area (Å²) in [5, 5.41) is 9.32. The topological polar surface area (TPSA) is 174 Å². The van der Waals surface area contributed by atoms with E-state index in [0.29, 0.717) is 60.1 Å². The Morgan fingerprint density at radius 2 is 1.08 bits per heavy atom. The molecule has 6 aromatic rings. The highest BCUT2D eigenvalue weighted by atomic mass is 79.9. The van der Waals surface area contributed by atoms with Gasteiger partial charge >= 0.3 is 0 Å². The molecule has 0 bridgehead atoms. The van der Waals surface area contributed by atoms with Crippen molar-refractivity contribution in [2.75, 3.05) is 64.1 Å². The van der Waals surface area contributed by atoms with Crippen molar-refractivity contribution in [2.24, 2.45) is 10.8 Å².